The van der Waals surface area contributed by atoms with E-state index in [1.807, 2.05) is 0 Å². The second-order valence-corrected chi connectivity index (χ2v) is 4.91. The van der Waals surface area contributed by atoms with E-state index in [1.165, 1.54) is 32.4 Å². The lowest BCUT2D eigenvalue weighted by Crippen LogP contribution is -2.29. The highest BCUT2D eigenvalue weighted by Crippen LogP contribution is 2.19. The highest BCUT2D eigenvalue weighted by atomic mass is 16.5. The van der Waals surface area contributed by atoms with E-state index in [9.17, 15) is 14.4 Å². The van der Waals surface area contributed by atoms with Gasteiger partial charge in [-0.15, -0.1) is 0 Å². The van der Waals surface area contributed by atoms with E-state index >= 15 is 0 Å². The molecule has 0 bridgehead atoms. The van der Waals surface area contributed by atoms with Gasteiger partial charge in [-0.1, -0.05) is 0 Å². The summed E-state index contributed by atoms with van der Waals surface area (Å²) in [6.07, 6.45) is 3.23. The molecule has 0 saturated heterocycles. The van der Waals surface area contributed by atoms with Gasteiger partial charge in [-0.25, -0.2) is 14.4 Å². The molecule has 0 unspecified atom stereocenters. The van der Waals surface area contributed by atoms with Crippen LogP contribution in [0, 0.1) is 0 Å². The Morgan fingerprint density at radius 2 is 1.68 bits per heavy atom. The van der Waals surface area contributed by atoms with Crippen LogP contribution in [0.5, 0.6) is 0 Å². The number of pyridine rings is 1. The molecule has 0 aliphatic heterocycles. The Hall–Kier alpha value is -3.42. The van der Waals surface area contributed by atoms with Crippen LogP contribution in [0.3, 0.4) is 0 Å². The molecular formula is C17H17N3O5. The third kappa shape index (κ3) is 4.77. The lowest BCUT2D eigenvalue weighted by molar-refractivity contribution is 0.0587. The molecule has 2 aromatic rings. The Kier molecular flexibility index (Phi) is 6.05. The van der Waals surface area contributed by atoms with E-state index in [2.05, 4.69) is 25.1 Å². The minimum atomic E-state index is -0.638. The molecule has 0 saturated carbocycles. The van der Waals surface area contributed by atoms with E-state index in [-0.39, 0.29) is 23.4 Å². The second kappa shape index (κ2) is 8.44. The van der Waals surface area contributed by atoms with Gasteiger partial charge in [0, 0.05) is 18.9 Å². The van der Waals surface area contributed by atoms with E-state index in [0.29, 0.717) is 0 Å². The number of carbonyl (C=O) groups excluding carboxylic acids is 3. The zero-order valence-corrected chi connectivity index (χ0v) is 13.7. The number of amides is 2. The summed E-state index contributed by atoms with van der Waals surface area (Å²) >= 11 is 0. The van der Waals surface area contributed by atoms with Gasteiger partial charge in [-0.3, -0.25) is 4.98 Å². The van der Waals surface area contributed by atoms with Crippen molar-refractivity contribution in [2.24, 2.45) is 0 Å². The van der Waals surface area contributed by atoms with Crippen LogP contribution in [0.1, 0.15) is 26.3 Å². The number of carbonyl (C=O) groups is 3. The van der Waals surface area contributed by atoms with Gasteiger partial charge in [0.1, 0.15) is 0 Å². The van der Waals surface area contributed by atoms with Crippen LogP contribution in [-0.2, 0) is 16.0 Å². The number of nitrogens with zero attached hydrogens (tertiary/aromatic N) is 1. The van der Waals surface area contributed by atoms with E-state index in [1.54, 1.807) is 24.5 Å². The minimum Gasteiger partial charge on any atom is -0.465 e. The van der Waals surface area contributed by atoms with Crippen molar-refractivity contribution in [2.45, 2.75) is 6.54 Å². The molecule has 1 heterocycles. The monoisotopic (exact) mass is 343 g/mol. The molecule has 2 rings (SSSR count). The maximum Gasteiger partial charge on any atom is 0.339 e. The largest absolute Gasteiger partial charge is 0.465 e. The van der Waals surface area contributed by atoms with Gasteiger partial charge in [0.15, 0.2) is 0 Å². The molecule has 2 amide bonds. The normalized spacial score (nSPS) is 9.84. The molecule has 25 heavy (non-hydrogen) atoms. The smallest absolute Gasteiger partial charge is 0.339 e. The van der Waals surface area contributed by atoms with Gasteiger partial charge in [-0.2, -0.15) is 0 Å². The molecule has 0 fully saturated rings. The standard InChI is InChI=1S/C17H17N3O5/c1-24-15(21)12-3-4-13(16(22)25-2)14(9-12)20-17(23)19-10-11-5-7-18-8-6-11/h3-9H,10H2,1-2H3,(H2,19,20,23). The fourth-order valence-electron chi connectivity index (χ4n) is 2.03. The van der Waals surface area contributed by atoms with Crippen LogP contribution in [0.4, 0.5) is 10.5 Å². The number of hydrogen-bond acceptors (Lipinski definition) is 6. The van der Waals surface area contributed by atoms with E-state index in [0.717, 1.165) is 5.56 Å². The van der Waals surface area contributed by atoms with Gasteiger partial charge >= 0.3 is 18.0 Å². The molecule has 1 aromatic carbocycles. The summed E-state index contributed by atoms with van der Waals surface area (Å²) in [5, 5.41) is 5.19. The molecule has 2 N–H and O–H groups in total. The minimum absolute atomic E-state index is 0.120. The van der Waals surface area contributed by atoms with Crippen molar-refractivity contribution in [3.05, 3.63) is 59.4 Å². The third-order valence-electron chi connectivity index (χ3n) is 3.30. The predicted molar refractivity (Wildman–Crippen MR) is 89.2 cm³/mol. The molecule has 0 atom stereocenters. The Labute approximate surface area is 144 Å². The SMILES string of the molecule is COC(=O)c1ccc(C(=O)OC)c(NC(=O)NCc2ccncc2)c1. The summed E-state index contributed by atoms with van der Waals surface area (Å²) in [5.74, 6) is -1.22. The van der Waals surface area contributed by atoms with Gasteiger partial charge in [0.2, 0.25) is 0 Å². The van der Waals surface area contributed by atoms with Gasteiger partial charge in [-0.05, 0) is 35.9 Å². The maximum atomic E-state index is 12.1. The zero-order valence-electron chi connectivity index (χ0n) is 13.7. The summed E-state index contributed by atoms with van der Waals surface area (Å²) < 4.78 is 9.32. The Morgan fingerprint density at radius 3 is 2.32 bits per heavy atom. The summed E-state index contributed by atoms with van der Waals surface area (Å²) in [6.45, 7) is 0.276. The Morgan fingerprint density at radius 1 is 1.00 bits per heavy atom. The van der Waals surface area contributed by atoms with Gasteiger partial charge in [0.05, 0.1) is 31.0 Å². The van der Waals surface area contributed by atoms with Gasteiger partial charge in [0.25, 0.3) is 0 Å². The number of nitrogens with one attached hydrogen (secondary N) is 2. The topological polar surface area (TPSA) is 107 Å². The maximum absolute atomic E-state index is 12.1. The quantitative estimate of drug-likeness (QED) is 0.804. The van der Waals surface area contributed by atoms with Crippen LogP contribution < -0.4 is 10.6 Å². The molecular weight excluding hydrogens is 326 g/mol. The zero-order chi connectivity index (χ0) is 18.2. The molecule has 0 spiro atoms. The first-order valence-electron chi connectivity index (χ1n) is 7.29. The highest BCUT2D eigenvalue weighted by Gasteiger charge is 2.17. The average molecular weight is 343 g/mol. The van der Waals surface area contributed by atoms with Crippen LogP contribution in [0.25, 0.3) is 0 Å². The van der Waals surface area contributed by atoms with Crippen LogP contribution in [0.15, 0.2) is 42.7 Å². The fraction of sp³-hybridized carbons (Fsp3) is 0.176. The summed E-state index contributed by atoms with van der Waals surface area (Å²) in [5.41, 5.74) is 1.32. The molecule has 8 nitrogen and oxygen atoms in total. The number of benzene rings is 1. The number of aromatic nitrogens is 1. The third-order valence-corrected chi connectivity index (χ3v) is 3.30. The second-order valence-electron chi connectivity index (χ2n) is 4.91. The van der Waals surface area contributed by atoms with Crippen molar-refractivity contribution in [3.63, 3.8) is 0 Å². The number of esters is 2. The molecule has 8 heteroatoms. The van der Waals surface area contributed by atoms with Crippen molar-refractivity contribution in [3.8, 4) is 0 Å². The van der Waals surface area contributed by atoms with E-state index in [4.69, 9.17) is 0 Å². The fourth-order valence-corrected chi connectivity index (χ4v) is 2.03. The molecule has 0 radical (unpaired) electrons. The first kappa shape index (κ1) is 17.9. The Bertz CT molecular complexity index is 777. The Balaban J connectivity index is 2.15. The number of methoxy groups -OCH3 is 2. The lowest BCUT2D eigenvalue weighted by Gasteiger charge is -2.12. The molecule has 130 valence electrons. The first-order valence-corrected chi connectivity index (χ1v) is 7.29. The summed E-state index contributed by atoms with van der Waals surface area (Å²) in [6, 6.07) is 7.14. The van der Waals surface area contributed by atoms with Gasteiger partial charge < -0.3 is 20.1 Å². The number of ether oxygens (including phenoxy) is 2. The summed E-state index contributed by atoms with van der Waals surface area (Å²) in [7, 11) is 2.47. The summed E-state index contributed by atoms with van der Waals surface area (Å²) in [4.78, 5) is 39.5. The number of anilines is 1. The lowest BCUT2D eigenvalue weighted by atomic mass is 10.1. The average Bonchev–Trinajstić information content (AvgIpc) is 2.65. The number of urea groups is 1. The van der Waals surface area contributed by atoms with Crippen LogP contribution >= 0.6 is 0 Å². The van der Waals surface area contributed by atoms with Crippen molar-refractivity contribution in [1.29, 1.82) is 0 Å². The van der Waals surface area contributed by atoms with Crippen molar-refractivity contribution >= 4 is 23.7 Å². The van der Waals surface area contributed by atoms with Crippen molar-refractivity contribution < 1.29 is 23.9 Å². The highest BCUT2D eigenvalue weighted by molar-refractivity contribution is 6.03. The van der Waals surface area contributed by atoms with Crippen molar-refractivity contribution in [1.82, 2.24) is 10.3 Å². The predicted octanol–water partition coefficient (Wildman–Crippen LogP) is 1.98. The molecule has 0 aliphatic carbocycles. The molecule has 0 aliphatic rings. The number of hydrogen-bond donors (Lipinski definition) is 2. The molecule has 1 aromatic heterocycles. The van der Waals surface area contributed by atoms with Crippen molar-refractivity contribution in [2.75, 3.05) is 19.5 Å². The number of rotatable bonds is 5. The van der Waals surface area contributed by atoms with Crippen LogP contribution in [0.2, 0.25) is 0 Å². The van der Waals surface area contributed by atoms with E-state index < -0.39 is 18.0 Å². The first-order chi connectivity index (χ1) is 12.0. The van der Waals surface area contributed by atoms with Crippen LogP contribution in [-0.4, -0.2) is 37.2 Å².